The van der Waals surface area contributed by atoms with Gasteiger partial charge in [0.25, 0.3) is 0 Å². The molecule has 3 heteroatoms. The average molecular weight is 266 g/mol. The van der Waals surface area contributed by atoms with Crippen molar-refractivity contribution in [3.8, 4) is 0 Å². The minimum absolute atomic E-state index is 0.712. The van der Waals surface area contributed by atoms with Gasteiger partial charge in [0.15, 0.2) is 0 Å². The first-order chi connectivity index (χ1) is 8.69. The highest BCUT2D eigenvalue weighted by Gasteiger charge is 2.15. The van der Waals surface area contributed by atoms with Crippen molar-refractivity contribution in [2.24, 2.45) is 0 Å². The minimum Gasteiger partial charge on any atom is -0.309 e. The number of rotatable bonds is 4. The Bertz CT molecular complexity index is 353. The largest absolute Gasteiger partial charge is 0.309 e. The van der Waals surface area contributed by atoms with Crippen LogP contribution in [0.5, 0.6) is 0 Å². The number of hydrogen-bond donors (Lipinski definition) is 1. The third-order valence-electron chi connectivity index (χ3n) is 4.05. The van der Waals surface area contributed by atoms with Crippen molar-refractivity contribution in [2.75, 3.05) is 19.6 Å². The van der Waals surface area contributed by atoms with E-state index in [1.807, 2.05) is 11.3 Å². The summed E-state index contributed by atoms with van der Waals surface area (Å²) in [5.41, 5.74) is 1.44. The maximum absolute atomic E-state index is 3.75. The van der Waals surface area contributed by atoms with Gasteiger partial charge in [0, 0.05) is 22.3 Å². The van der Waals surface area contributed by atoms with Crippen LogP contribution in [0.3, 0.4) is 0 Å². The van der Waals surface area contributed by atoms with Crippen LogP contribution in [0.2, 0.25) is 0 Å². The summed E-state index contributed by atoms with van der Waals surface area (Å²) in [4.78, 5) is 5.52. The third-order valence-corrected chi connectivity index (χ3v) is 5.20. The molecule has 2 nitrogen and oxygen atoms in total. The summed E-state index contributed by atoms with van der Waals surface area (Å²) in [6.07, 6.45) is 3.98. The van der Waals surface area contributed by atoms with E-state index in [-0.39, 0.29) is 0 Å². The predicted octanol–water partition coefficient (Wildman–Crippen LogP) is 3.33. The third kappa shape index (κ3) is 3.81. The van der Waals surface area contributed by atoms with E-state index in [4.69, 9.17) is 0 Å². The molecule has 1 aliphatic heterocycles. The molecule has 0 amide bonds. The van der Waals surface area contributed by atoms with Gasteiger partial charge in [-0.05, 0) is 64.4 Å². The molecule has 1 aliphatic rings. The van der Waals surface area contributed by atoms with Crippen LogP contribution in [0, 0.1) is 13.8 Å². The molecule has 0 saturated carbocycles. The van der Waals surface area contributed by atoms with E-state index >= 15 is 0 Å². The van der Waals surface area contributed by atoms with Gasteiger partial charge in [-0.25, -0.2) is 0 Å². The zero-order chi connectivity index (χ0) is 13.0. The molecule has 1 atom stereocenters. The van der Waals surface area contributed by atoms with Crippen molar-refractivity contribution in [1.29, 1.82) is 0 Å². The van der Waals surface area contributed by atoms with Gasteiger partial charge in [-0.2, -0.15) is 0 Å². The average Bonchev–Trinajstić information content (AvgIpc) is 2.57. The number of aryl methyl sites for hydroxylation is 2. The zero-order valence-electron chi connectivity index (χ0n) is 12.0. The lowest BCUT2D eigenvalue weighted by molar-refractivity contribution is 0.297. The highest BCUT2D eigenvalue weighted by atomic mass is 32.1. The van der Waals surface area contributed by atoms with Crippen molar-refractivity contribution in [3.05, 3.63) is 21.4 Å². The molecule has 0 aromatic carbocycles. The minimum atomic E-state index is 0.712. The Labute approximate surface area is 115 Å². The van der Waals surface area contributed by atoms with Gasteiger partial charge in [-0.3, -0.25) is 0 Å². The van der Waals surface area contributed by atoms with Gasteiger partial charge in [0.1, 0.15) is 0 Å². The van der Waals surface area contributed by atoms with Crippen LogP contribution in [0.1, 0.15) is 41.5 Å². The van der Waals surface area contributed by atoms with Gasteiger partial charge in [-0.1, -0.05) is 6.92 Å². The second-order valence-electron chi connectivity index (χ2n) is 5.39. The van der Waals surface area contributed by atoms with E-state index < -0.39 is 0 Å². The first-order valence-corrected chi connectivity index (χ1v) is 8.02. The topological polar surface area (TPSA) is 15.3 Å². The van der Waals surface area contributed by atoms with Crippen molar-refractivity contribution in [2.45, 2.75) is 52.6 Å². The van der Waals surface area contributed by atoms with Gasteiger partial charge >= 0.3 is 0 Å². The number of hydrogen-bond acceptors (Lipinski definition) is 3. The molecule has 102 valence electrons. The van der Waals surface area contributed by atoms with E-state index in [0.29, 0.717) is 6.04 Å². The predicted molar refractivity (Wildman–Crippen MR) is 80.4 cm³/mol. The first-order valence-electron chi connectivity index (χ1n) is 7.20. The lowest BCUT2D eigenvalue weighted by atomic mass is 10.1. The number of nitrogens with zero attached hydrogens (tertiary/aromatic N) is 1. The molecule has 0 radical (unpaired) electrons. The maximum Gasteiger partial charge on any atom is 0.0302 e. The summed E-state index contributed by atoms with van der Waals surface area (Å²) < 4.78 is 0. The van der Waals surface area contributed by atoms with E-state index in [2.05, 4.69) is 37.1 Å². The molecule has 1 aromatic rings. The van der Waals surface area contributed by atoms with Gasteiger partial charge < -0.3 is 10.2 Å². The smallest absolute Gasteiger partial charge is 0.0302 e. The van der Waals surface area contributed by atoms with Crippen LogP contribution in [0.15, 0.2) is 6.07 Å². The molecule has 1 saturated heterocycles. The summed E-state index contributed by atoms with van der Waals surface area (Å²) >= 11 is 1.94. The highest BCUT2D eigenvalue weighted by molar-refractivity contribution is 7.12. The van der Waals surface area contributed by atoms with Crippen LogP contribution in [-0.2, 0) is 6.54 Å². The Hall–Kier alpha value is -0.380. The maximum atomic E-state index is 3.75. The Morgan fingerprint density at radius 2 is 2.17 bits per heavy atom. The fourth-order valence-corrected chi connectivity index (χ4v) is 3.66. The molecule has 18 heavy (non-hydrogen) atoms. The van der Waals surface area contributed by atoms with Gasteiger partial charge in [0.2, 0.25) is 0 Å². The highest BCUT2D eigenvalue weighted by Crippen LogP contribution is 2.21. The fraction of sp³-hybridized carbons (Fsp3) is 0.733. The molecule has 0 aliphatic carbocycles. The van der Waals surface area contributed by atoms with Crippen molar-refractivity contribution < 1.29 is 0 Å². The Morgan fingerprint density at radius 1 is 1.33 bits per heavy atom. The molecule has 1 aromatic heterocycles. The Morgan fingerprint density at radius 3 is 2.83 bits per heavy atom. The second kappa shape index (κ2) is 6.69. The molecule has 0 spiro atoms. The number of likely N-dealkylation sites (tertiary alicyclic amines) is 1. The molecule has 1 fully saturated rings. The Balaban J connectivity index is 1.79. The Kier molecular flexibility index (Phi) is 5.22. The van der Waals surface area contributed by atoms with E-state index in [1.54, 1.807) is 0 Å². The lowest BCUT2D eigenvalue weighted by Crippen LogP contribution is -2.30. The summed E-state index contributed by atoms with van der Waals surface area (Å²) in [5.74, 6) is 0. The molecule has 0 bridgehead atoms. The summed E-state index contributed by atoms with van der Waals surface area (Å²) in [7, 11) is 0. The normalized spacial score (nSPS) is 22.1. The SMILES string of the molecule is CCN1CCCC(NCc2cc(C)c(C)s2)CC1. The molecular weight excluding hydrogens is 240 g/mol. The number of nitrogens with one attached hydrogen (secondary N) is 1. The molecule has 1 N–H and O–H groups in total. The van der Waals surface area contributed by atoms with Gasteiger partial charge in [-0.15, -0.1) is 11.3 Å². The summed E-state index contributed by atoms with van der Waals surface area (Å²) in [6.45, 7) is 11.5. The molecule has 2 heterocycles. The van der Waals surface area contributed by atoms with Crippen molar-refractivity contribution >= 4 is 11.3 Å². The molecular formula is C15H26N2S. The van der Waals surface area contributed by atoms with Crippen molar-refractivity contribution in [3.63, 3.8) is 0 Å². The van der Waals surface area contributed by atoms with Gasteiger partial charge in [0.05, 0.1) is 0 Å². The van der Waals surface area contributed by atoms with E-state index in [0.717, 1.165) is 6.54 Å². The summed E-state index contributed by atoms with van der Waals surface area (Å²) in [5, 5.41) is 3.75. The summed E-state index contributed by atoms with van der Waals surface area (Å²) in [6, 6.07) is 3.05. The monoisotopic (exact) mass is 266 g/mol. The van der Waals surface area contributed by atoms with Crippen LogP contribution < -0.4 is 5.32 Å². The fourth-order valence-electron chi connectivity index (χ4n) is 2.66. The van der Waals surface area contributed by atoms with E-state index in [9.17, 15) is 0 Å². The van der Waals surface area contributed by atoms with Crippen LogP contribution in [-0.4, -0.2) is 30.6 Å². The second-order valence-corrected chi connectivity index (χ2v) is 6.74. The van der Waals surface area contributed by atoms with Crippen molar-refractivity contribution in [1.82, 2.24) is 10.2 Å². The molecule has 2 rings (SSSR count). The lowest BCUT2D eigenvalue weighted by Gasteiger charge is -2.18. The van der Waals surface area contributed by atoms with Crippen LogP contribution >= 0.6 is 11.3 Å². The van der Waals surface area contributed by atoms with E-state index in [1.165, 1.54) is 54.2 Å². The number of thiophene rings is 1. The van der Waals surface area contributed by atoms with Crippen LogP contribution in [0.25, 0.3) is 0 Å². The zero-order valence-corrected chi connectivity index (χ0v) is 12.8. The quantitative estimate of drug-likeness (QED) is 0.899. The standard InChI is InChI=1S/C15H26N2S/c1-4-17-8-5-6-14(7-9-17)16-11-15-10-12(2)13(3)18-15/h10,14,16H,4-9,11H2,1-3H3. The molecule has 1 unspecified atom stereocenters. The van der Waals surface area contributed by atoms with Crippen LogP contribution in [0.4, 0.5) is 0 Å². The first kappa shape index (κ1) is 14.0.